The lowest BCUT2D eigenvalue weighted by atomic mass is 10.1. The highest BCUT2D eigenvalue weighted by Gasteiger charge is 2.33. The second kappa shape index (κ2) is 8.39. The van der Waals surface area contributed by atoms with Gasteiger partial charge in [-0.05, 0) is 19.1 Å². The number of carbonyl (C=O) groups excluding carboxylic acids is 1. The minimum absolute atomic E-state index is 0.187. The second-order valence-corrected chi connectivity index (χ2v) is 9.05. The molecule has 0 bridgehead atoms. The molecule has 0 saturated heterocycles. The molecule has 0 heterocycles. The van der Waals surface area contributed by atoms with E-state index in [1.807, 2.05) is 55.5 Å². The van der Waals surface area contributed by atoms with Crippen LogP contribution >= 0.6 is 18.7 Å². The van der Waals surface area contributed by atoms with Crippen molar-refractivity contribution in [1.82, 2.24) is 5.32 Å². The molecule has 0 aliphatic carbocycles. The molecule has 0 unspecified atom stereocenters. The van der Waals surface area contributed by atoms with Crippen LogP contribution in [0.2, 0.25) is 0 Å². The van der Waals surface area contributed by atoms with Gasteiger partial charge in [0.25, 0.3) is 5.91 Å². The van der Waals surface area contributed by atoms with Crippen molar-refractivity contribution in [2.45, 2.75) is 6.92 Å². The molecule has 136 valence electrons. The van der Waals surface area contributed by atoms with Crippen molar-refractivity contribution in [1.29, 1.82) is 0 Å². The standard InChI is InChI=1S/C22H19ClNO2P/c1-17-12-14-18(15-13-17)22(25)24-21(16-23)27(26,19-8-4-2-5-9-19)20-10-6-3-7-11-20/h2-16H,1H3,(H,24,25). The van der Waals surface area contributed by atoms with Crippen molar-refractivity contribution >= 4 is 35.3 Å². The van der Waals surface area contributed by atoms with E-state index in [1.165, 1.54) is 5.54 Å². The predicted octanol–water partition coefficient (Wildman–Crippen LogP) is 4.78. The quantitative estimate of drug-likeness (QED) is 0.632. The minimum atomic E-state index is -3.32. The van der Waals surface area contributed by atoms with E-state index in [2.05, 4.69) is 5.32 Å². The molecule has 0 aromatic heterocycles. The first kappa shape index (κ1) is 19.2. The van der Waals surface area contributed by atoms with Gasteiger partial charge < -0.3 is 9.88 Å². The Bertz CT molecular complexity index is 956. The fraction of sp³-hybridized carbons (Fsp3) is 0.0455. The number of aryl methyl sites for hydroxylation is 1. The Morgan fingerprint density at radius 2 is 1.33 bits per heavy atom. The summed E-state index contributed by atoms with van der Waals surface area (Å²) in [6.07, 6.45) is 0. The van der Waals surface area contributed by atoms with Crippen LogP contribution in [0, 0.1) is 6.92 Å². The van der Waals surface area contributed by atoms with E-state index in [9.17, 15) is 9.36 Å². The third-order valence-electron chi connectivity index (χ3n) is 4.24. The zero-order chi connectivity index (χ0) is 19.3. The molecule has 3 rings (SSSR count). The number of benzene rings is 3. The van der Waals surface area contributed by atoms with Gasteiger partial charge in [-0.1, -0.05) is 90.0 Å². The van der Waals surface area contributed by atoms with Crippen molar-refractivity contribution in [2.24, 2.45) is 0 Å². The average molecular weight is 396 g/mol. The number of rotatable bonds is 5. The summed E-state index contributed by atoms with van der Waals surface area (Å²) < 4.78 is 14.2. The predicted molar refractivity (Wildman–Crippen MR) is 112 cm³/mol. The van der Waals surface area contributed by atoms with Gasteiger partial charge >= 0.3 is 0 Å². The number of hydrogen-bond donors (Lipinski definition) is 1. The van der Waals surface area contributed by atoms with Gasteiger partial charge in [-0.15, -0.1) is 0 Å². The Morgan fingerprint density at radius 3 is 1.78 bits per heavy atom. The molecule has 0 aliphatic rings. The summed E-state index contributed by atoms with van der Waals surface area (Å²) in [6, 6.07) is 25.3. The zero-order valence-electron chi connectivity index (χ0n) is 14.8. The van der Waals surface area contributed by atoms with E-state index in [-0.39, 0.29) is 11.3 Å². The summed E-state index contributed by atoms with van der Waals surface area (Å²) in [5, 5.41) is 3.98. The van der Waals surface area contributed by atoms with Gasteiger partial charge in [0, 0.05) is 21.7 Å². The average Bonchev–Trinajstić information content (AvgIpc) is 2.73. The van der Waals surface area contributed by atoms with Crippen molar-refractivity contribution in [2.75, 3.05) is 0 Å². The monoisotopic (exact) mass is 395 g/mol. The highest BCUT2D eigenvalue weighted by Crippen LogP contribution is 2.50. The van der Waals surface area contributed by atoms with Crippen LogP contribution in [-0.2, 0) is 4.57 Å². The maximum Gasteiger partial charge on any atom is 0.255 e. The second-order valence-electron chi connectivity index (χ2n) is 6.09. The zero-order valence-corrected chi connectivity index (χ0v) is 16.5. The Kier molecular flexibility index (Phi) is 5.95. The summed E-state index contributed by atoms with van der Waals surface area (Å²) in [6.45, 7) is 1.95. The van der Waals surface area contributed by atoms with E-state index in [1.54, 1.807) is 36.4 Å². The number of amides is 1. The fourth-order valence-corrected chi connectivity index (χ4v) is 5.67. The molecule has 0 aliphatic heterocycles. The number of nitrogens with one attached hydrogen (secondary N) is 1. The smallest absolute Gasteiger partial charge is 0.255 e. The Morgan fingerprint density at radius 1 is 0.852 bits per heavy atom. The summed E-state index contributed by atoms with van der Waals surface area (Å²) >= 11 is 6.06. The van der Waals surface area contributed by atoms with Crippen LogP contribution in [0.15, 0.2) is 95.9 Å². The first-order valence-corrected chi connectivity index (χ1v) is 10.6. The lowest BCUT2D eigenvalue weighted by Gasteiger charge is -2.22. The third kappa shape index (κ3) is 4.05. The van der Waals surface area contributed by atoms with E-state index in [4.69, 9.17) is 11.6 Å². The molecule has 0 spiro atoms. The molecular weight excluding hydrogens is 377 g/mol. The number of halogens is 1. The van der Waals surface area contributed by atoms with Gasteiger partial charge in [-0.3, -0.25) is 4.79 Å². The molecule has 0 atom stereocenters. The highest BCUT2D eigenvalue weighted by molar-refractivity contribution is 7.82. The molecule has 0 fully saturated rings. The van der Waals surface area contributed by atoms with Gasteiger partial charge in [0.2, 0.25) is 0 Å². The molecule has 0 saturated carbocycles. The van der Waals surface area contributed by atoms with Crippen molar-refractivity contribution in [3.8, 4) is 0 Å². The molecule has 5 heteroatoms. The van der Waals surface area contributed by atoms with Crippen molar-refractivity contribution in [3.05, 3.63) is 107 Å². The number of hydrogen-bond acceptors (Lipinski definition) is 2. The van der Waals surface area contributed by atoms with Crippen molar-refractivity contribution in [3.63, 3.8) is 0 Å². The van der Waals surface area contributed by atoms with Crippen molar-refractivity contribution < 1.29 is 9.36 Å². The van der Waals surface area contributed by atoms with Crippen LogP contribution in [0.5, 0.6) is 0 Å². The van der Waals surface area contributed by atoms with Crippen LogP contribution in [-0.4, -0.2) is 5.91 Å². The molecule has 0 radical (unpaired) electrons. The Balaban J connectivity index is 2.04. The van der Waals surface area contributed by atoms with Crippen LogP contribution in [0.1, 0.15) is 15.9 Å². The molecule has 1 amide bonds. The fourth-order valence-electron chi connectivity index (χ4n) is 2.77. The van der Waals surface area contributed by atoms with E-state index >= 15 is 0 Å². The molecule has 3 aromatic carbocycles. The van der Waals surface area contributed by atoms with E-state index in [0.717, 1.165) is 5.56 Å². The van der Waals surface area contributed by atoms with Gasteiger partial charge in [0.05, 0.1) is 5.44 Å². The largest absolute Gasteiger partial charge is 0.318 e. The minimum Gasteiger partial charge on any atom is -0.318 e. The lowest BCUT2D eigenvalue weighted by Crippen LogP contribution is -2.29. The van der Waals surface area contributed by atoms with Crippen LogP contribution < -0.4 is 15.9 Å². The van der Waals surface area contributed by atoms with Gasteiger partial charge in [-0.2, -0.15) is 0 Å². The molecule has 1 N–H and O–H groups in total. The molecule has 3 nitrogen and oxygen atoms in total. The van der Waals surface area contributed by atoms with E-state index < -0.39 is 7.14 Å². The summed E-state index contributed by atoms with van der Waals surface area (Å²) in [5.41, 5.74) is 2.92. The maximum atomic E-state index is 14.2. The lowest BCUT2D eigenvalue weighted by molar-refractivity contribution is 0.0968. The maximum absolute atomic E-state index is 14.2. The van der Waals surface area contributed by atoms with Gasteiger partial charge in [0.1, 0.15) is 0 Å². The molecular formula is C22H19ClNO2P. The van der Waals surface area contributed by atoms with Crippen LogP contribution in [0.3, 0.4) is 0 Å². The Hall–Kier alpha value is -2.61. The van der Waals surface area contributed by atoms with Crippen LogP contribution in [0.25, 0.3) is 0 Å². The van der Waals surface area contributed by atoms with Gasteiger partial charge in [-0.25, -0.2) is 0 Å². The SMILES string of the molecule is Cc1ccc(C(=O)NC(=CCl)P(=O)(c2ccccc2)c2ccccc2)cc1. The molecule has 27 heavy (non-hydrogen) atoms. The topological polar surface area (TPSA) is 46.2 Å². The summed E-state index contributed by atoms with van der Waals surface area (Å²) in [7, 11) is -3.32. The first-order chi connectivity index (χ1) is 13.1. The normalized spacial score (nSPS) is 11.9. The first-order valence-electron chi connectivity index (χ1n) is 8.46. The van der Waals surface area contributed by atoms with Gasteiger partial charge in [0.15, 0.2) is 7.14 Å². The summed E-state index contributed by atoms with van der Waals surface area (Å²) in [4.78, 5) is 12.7. The number of carbonyl (C=O) groups is 1. The van der Waals surface area contributed by atoms with E-state index in [0.29, 0.717) is 16.2 Å². The highest BCUT2D eigenvalue weighted by atomic mass is 35.5. The van der Waals surface area contributed by atoms with Crippen LogP contribution in [0.4, 0.5) is 0 Å². The third-order valence-corrected chi connectivity index (χ3v) is 7.58. The summed E-state index contributed by atoms with van der Waals surface area (Å²) in [5.74, 6) is -0.353. The molecule has 3 aromatic rings. The Labute approximate surface area is 164 Å².